The van der Waals surface area contributed by atoms with Gasteiger partial charge in [0.1, 0.15) is 0 Å². The van der Waals surface area contributed by atoms with Crippen LogP contribution in [0.5, 0.6) is 0 Å². The molecule has 0 radical (unpaired) electrons. The van der Waals surface area contributed by atoms with E-state index in [2.05, 4.69) is 50.4 Å². The molecule has 0 saturated carbocycles. The average Bonchev–Trinajstić information content (AvgIpc) is 2.66. The van der Waals surface area contributed by atoms with Gasteiger partial charge in [-0.25, -0.2) is 0 Å². The molecule has 0 aliphatic heterocycles. The van der Waals surface area contributed by atoms with Crippen LogP contribution in [0.2, 0.25) is 0 Å². The molecule has 0 aliphatic rings. The molecule has 92 valence electrons. The fourth-order valence-electron chi connectivity index (χ4n) is 1.73. The van der Waals surface area contributed by atoms with Crippen LogP contribution < -0.4 is 5.32 Å². The minimum atomic E-state index is 0.460. The lowest BCUT2D eigenvalue weighted by atomic mass is 10.1. The van der Waals surface area contributed by atoms with Gasteiger partial charge in [-0.3, -0.25) is 4.68 Å². The molecular weight excluding hydrogens is 198 g/mol. The molecule has 16 heavy (non-hydrogen) atoms. The average molecular weight is 223 g/mol. The van der Waals surface area contributed by atoms with Crippen molar-refractivity contribution in [2.75, 3.05) is 13.1 Å². The van der Waals surface area contributed by atoms with Crippen LogP contribution in [0.3, 0.4) is 0 Å². The Bertz CT molecular complexity index is 291. The lowest BCUT2D eigenvalue weighted by molar-refractivity contribution is 0.488. The lowest BCUT2D eigenvalue weighted by Gasteiger charge is -2.10. The molecule has 1 N–H and O–H groups in total. The third-order valence-electron chi connectivity index (χ3n) is 2.67. The number of nitrogens with zero attached hydrogens (tertiary/aromatic N) is 2. The van der Waals surface area contributed by atoms with Gasteiger partial charge in [0, 0.05) is 12.2 Å². The van der Waals surface area contributed by atoms with Crippen molar-refractivity contribution in [3.63, 3.8) is 0 Å². The van der Waals surface area contributed by atoms with Crippen LogP contribution >= 0.6 is 0 Å². The molecule has 0 spiro atoms. The quantitative estimate of drug-likeness (QED) is 0.720. The normalized spacial score (nSPS) is 13.3. The van der Waals surface area contributed by atoms with E-state index in [4.69, 9.17) is 0 Å². The fraction of sp³-hybridized carbons (Fsp3) is 0.769. The Morgan fingerprint density at radius 1 is 1.38 bits per heavy atom. The predicted octanol–water partition coefficient (Wildman–Crippen LogP) is 2.64. The minimum Gasteiger partial charge on any atom is -0.316 e. The van der Waals surface area contributed by atoms with Crippen LogP contribution in [0.4, 0.5) is 0 Å². The fourth-order valence-corrected chi connectivity index (χ4v) is 1.73. The van der Waals surface area contributed by atoms with E-state index in [-0.39, 0.29) is 0 Å². The zero-order chi connectivity index (χ0) is 12.0. The second kappa shape index (κ2) is 6.69. The molecule has 1 aromatic rings. The van der Waals surface area contributed by atoms with Crippen molar-refractivity contribution < 1.29 is 0 Å². The maximum Gasteiger partial charge on any atom is 0.0627 e. The molecule has 1 rings (SSSR count). The first-order valence-corrected chi connectivity index (χ1v) is 6.38. The van der Waals surface area contributed by atoms with Crippen molar-refractivity contribution >= 4 is 0 Å². The molecule has 0 bridgehead atoms. The Kier molecular flexibility index (Phi) is 5.53. The molecule has 3 nitrogen and oxygen atoms in total. The minimum absolute atomic E-state index is 0.460. The summed E-state index contributed by atoms with van der Waals surface area (Å²) in [5.41, 5.74) is 1.21. The zero-order valence-corrected chi connectivity index (χ0v) is 11.0. The molecule has 0 amide bonds. The Morgan fingerprint density at radius 3 is 2.69 bits per heavy atom. The number of hydrogen-bond donors (Lipinski definition) is 1. The van der Waals surface area contributed by atoms with Gasteiger partial charge in [0.2, 0.25) is 0 Å². The maximum absolute atomic E-state index is 4.57. The number of nitrogens with one attached hydrogen (secondary N) is 1. The highest BCUT2D eigenvalue weighted by Crippen LogP contribution is 2.08. The van der Waals surface area contributed by atoms with E-state index >= 15 is 0 Å². The number of aromatic nitrogens is 2. The van der Waals surface area contributed by atoms with Crippen molar-refractivity contribution in [1.82, 2.24) is 15.1 Å². The number of rotatable bonds is 7. The second-order valence-corrected chi connectivity index (χ2v) is 4.89. The first kappa shape index (κ1) is 13.2. The van der Waals surface area contributed by atoms with E-state index in [1.807, 2.05) is 4.68 Å². The van der Waals surface area contributed by atoms with Crippen LogP contribution in [0.1, 0.15) is 45.9 Å². The predicted molar refractivity (Wildman–Crippen MR) is 68.6 cm³/mol. The third-order valence-corrected chi connectivity index (χ3v) is 2.67. The first-order valence-electron chi connectivity index (χ1n) is 6.38. The Morgan fingerprint density at radius 2 is 2.12 bits per heavy atom. The summed E-state index contributed by atoms with van der Waals surface area (Å²) < 4.78 is 2.03. The molecule has 1 unspecified atom stereocenters. The van der Waals surface area contributed by atoms with Crippen molar-refractivity contribution in [3.8, 4) is 0 Å². The summed E-state index contributed by atoms with van der Waals surface area (Å²) in [6.45, 7) is 11.0. The van der Waals surface area contributed by atoms with Gasteiger partial charge in [-0.15, -0.1) is 0 Å². The van der Waals surface area contributed by atoms with Crippen molar-refractivity contribution in [1.29, 1.82) is 0 Å². The van der Waals surface area contributed by atoms with E-state index in [0.717, 1.165) is 19.5 Å². The van der Waals surface area contributed by atoms with Crippen molar-refractivity contribution in [2.24, 2.45) is 5.92 Å². The zero-order valence-electron chi connectivity index (χ0n) is 11.0. The molecule has 1 aromatic heterocycles. The standard InChI is InChI=1S/C13H25N3/c1-5-7-14-10-12(4)9-13-6-8-16(15-13)11(2)3/h6,8,11-12,14H,5,7,9-10H2,1-4H3. The van der Waals surface area contributed by atoms with Crippen molar-refractivity contribution in [3.05, 3.63) is 18.0 Å². The van der Waals surface area contributed by atoms with Gasteiger partial charge in [-0.1, -0.05) is 13.8 Å². The van der Waals surface area contributed by atoms with E-state index in [1.54, 1.807) is 0 Å². The highest BCUT2D eigenvalue weighted by Gasteiger charge is 2.07. The third kappa shape index (κ3) is 4.35. The van der Waals surface area contributed by atoms with Gasteiger partial charge in [-0.2, -0.15) is 5.10 Å². The SMILES string of the molecule is CCCNCC(C)Cc1ccn(C(C)C)n1. The summed E-state index contributed by atoms with van der Waals surface area (Å²) in [5.74, 6) is 0.655. The van der Waals surface area contributed by atoms with Gasteiger partial charge in [0.25, 0.3) is 0 Å². The molecule has 0 aromatic carbocycles. The highest BCUT2D eigenvalue weighted by molar-refractivity contribution is 5.00. The molecule has 3 heteroatoms. The van der Waals surface area contributed by atoms with Gasteiger partial charge >= 0.3 is 0 Å². The van der Waals surface area contributed by atoms with E-state index in [0.29, 0.717) is 12.0 Å². The van der Waals surface area contributed by atoms with Crippen LogP contribution in [0.15, 0.2) is 12.3 Å². The maximum atomic E-state index is 4.57. The van der Waals surface area contributed by atoms with Crippen LogP contribution in [-0.2, 0) is 6.42 Å². The smallest absolute Gasteiger partial charge is 0.0627 e. The van der Waals surface area contributed by atoms with Gasteiger partial charge < -0.3 is 5.32 Å². The summed E-state index contributed by atoms with van der Waals surface area (Å²) >= 11 is 0. The molecular formula is C13H25N3. The summed E-state index contributed by atoms with van der Waals surface area (Å²) in [4.78, 5) is 0. The number of hydrogen-bond acceptors (Lipinski definition) is 2. The van der Waals surface area contributed by atoms with E-state index in [1.165, 1.54) is 12.1 Å². The molecule has 0 saturated heterocycles. The first-order chi connectivity index (χ1) is 7.63. The Hall–Kier alpha value is -0.830. The summed E-state index contributed by atoms with van der Waals surface area (Å²) in [6.07, 6.45) is 4.34. The molecule has 0 aliphatic carbocycles. The van der Waals surface area contributed by atoms with Crippen LogP contribution in [0, 0.1) is 5.92 Å². The molecule has 0 fully saturated rings. The summed E-state index contributed by atoms with van der Waals surface area (Å²) in [6, 6.07) is 2.60. The van der Waals surface area contributed by atoms with Gasteiger partial charge in [0.15, 0.2) is 0 Å². The topological polar surface area (TPSA) is 29.9 Å². The van der Waals surface area contributed by atoms with Crippen LogP contribution in [0.25, 0.3) is 0 Å². The Labute approximate surface area is 99.2 Å². The largest absolute Gasteiger partial charge is 0.316 e. The molecule has 1 atom stereocenters. The van der Waals surface area contributed by atoms with E-state index in [9.17, 15) is 0 Å². The monoisotopic (exact) mass is 223 g/mol. The molecule has 1 heterocycles. The van der Waals surface area contributed by atoms with Crippen LogP contribution in [-0.4, -0.2) is 22.9 Å². The lowest BCUT2D eigenvalue weighted by Crippen LogP contribution is -2.23. The summed E-state index contributed by atoms with van der Waals surface area (Å²) in [7, 11) is 0. The second-order valence-electron chi connectivity index (χ2n) is 4.89. The highest BCUT2D eigenvalue weighted by atomic mass is 15.3. The summed E-state index contributed by atoms with van der Waals surface area (Å²) in [5, 5.41) is 8.02. The van der Waals surface area contributed by atoms with Gasteiger partial charge in [-0.05, 0) is 51.8 Å². The Balaban J connectivity index is 2.34. The van der Waals surface area contributed by atoms with Crippen molar-refractivity contribution in [2.45, 2.75) is 46.6 Å². The van der Waals surface area contributed by atoms with E-state index < -0.39 is 0 Å². The van der Waals surface area contributed by atoms with Gasteiger partial charge in [0.05, 0.1) is 5.69 Å².